The van der Waals surface area contributed by atoms with Gasteiger partial charge in [-0.3, -0.25) is 14.4 Å². The number of nitrogens with zero attached hydrogens (tertiary/aromatic N) is 2. The lowest BCUT2D eigenvalue weighted by Gasteiger charge is -2.44. The second kappa shape index (κ2) is 9.82. The molecule has 9 heteroatoms. The van der Waals surface area contributed by atoms with E-state index in [1.54, 1.807) is 34.1 Å². The number of carboxylic acid groups (broad SMARTS) is 1. The standard InChI is InChI=1S/C27H30ClFN2O5/c1-27(2,3)22(14-32)31-13-19(26(35)36)25(34)18-10-15(6-7-21(18)31)9-16-11-17(12-20(28)24(16)29)30-8-4-5-23(30)33/h6-7,10-12,19,22,32H,4-5,8-9,13-14H2,1-3H3,(H,35,36)/t19?,22-/m1/s1. The highest BCUT2D eigenvalue weighted by Crippen LogP contribution is 2.38. The second-order valence-corrected chi connectivity index (χ2v) is 11.0. The van der Waals surface area contributed by atoms with Gasteiger partial charge in [-0.15, -0.1) is 0 Å². The molecular formula is C27H30ClFN2O5. The van der Waals surface area contributed by atoms with Gasteiger partial charge in [0.1, 0.15) is 11.7 Å². The number of benzene rings is 2. The number of amides is 1. The molecule has 1 amide bonds. The van der Waals surface area contributed by atoms with Gasteiger partial charge in [0.15, 0.2) is 5.78 Å². The predicted octanol–water partition coefficient (Wildman–Crippen LogP) is 4.31. The normalized spacial score (nSPS) is 19.0. The summed E-state index contributed by atoms with van der Waals surface area (Å²) in [4.78, 5) is 40.6. The first-order valence-corrected chi connectivity index (χ1v) is 12.4. The quantitative estimate of drug-likeness (QED) is 0.555. The average molecular weight is 517 g/mol. The number of carboxylic acids is 1. The zero-order valence-electron chi connectivity index (χ0n) is 20.6. The molecule has 0 bridgehead atoms. The van der Waals surface area contributed by atoms with Crippen LogP contribution in [0.4, 0.5) is 15.8 Å². The number of carbonyl (C=O) groups excluding carboxylic acids is 2. The Morgan fingerprint density at radius 1 is 1.22 bits per heavy atom. The fraction of sp³-hybridized carbons (Fsp3) is 0.444. The summed E-state index contributed by atoms with van der Waals surface area (Å²) in [6.45, 7) is 6.12. The zero-order chi connectivity index (χ0) is 26.4. The minimum Gasteiger partial charge on any atom is -0.481 e. The van der Waals surface area contributed by atoms with E-state index in [2.05, 4.69) is 0 Å². The van der Waals surface area contributed by atoms with E-state index in [0.717, 1.165) is 6.42 Å². The van der Waals surface area contributed by atoms with Crippen LogP contribution in [0.25, 0.3) is 0 Å². The number of rotatable bonds is 6. The molecule has 2 heterocycles. The van der Waals surface area contributed by atoms with Crippen molar-refractivity contribution in [3.8, 4) is 0 Å². The van der Waals surface area contributed by atoms with Crippen LogP contribution in [0, 0.1) is 17.2 Å². The van der Waals surface area contributed by atoms with Gasteiger partial charge in [0, 0.05) is 42.9 Å². The first-order chi connectivity index (χ1) is 16.9. The van der Waals surface area contributed by atoms with Crippen LogP contribution in [-0.2, 0) is 16.0 Å². The Morgan fingerprint density at radius 3 is 2.53 bits per heavy atom. The van der Waals surface area contributed by atoms with E-state index in [1.165, 1.54) is 6.07 Å². The number of halogens is 2. The molecule has 1 fully saturated rings. The second-order valence-electron chi connectivity index (χ2n) is 10.5. The summed E-state index contributed by atoms with van der Waals surface area (Å²) in [5, 5.41) is 19.8. The molecule has 0 radical (unpaired) electrons. The Hall–Kier alpha value is -2.97. The lowest BCUT2D eigenvalue weighted by atomic mass is 9.82. The highest BCUT2D eigenvalue weighted by atomic mass is 35.5. The zero-order valence-corrected chi connectivity index (χ0v) is 21.3. The number of ketones is 1. The van der Waals surface area contributed by atoms with Crippen LogP contribution in [0.1, 0.15) is 55.1 Å². The number of aliphatic hydroxyl groups excluding tert-OH is 1. The molecule has 0 aromatic heterocycles. The highest BCUT2D eigenvalue weighted by molar-refractivity contribution is 6.31. The molecule has 2 aromatic rings. The largest absolute Gasteiger partial charge is 0.481 e. The van der Waals surface area contributed by atoms with Gasteiger partial charge in [0.2, 0.25) is 5.91 Å². The van der Waals surface area contributed by atoms with Crippen molar-refractivity contribution in [1.82, 2.24) is 0 Å². The molecule has 0 spiro atoms. The van der Waals surface area contributed by atoms with Crippen molar-refractivity contribution in [2.24, 2.45) is 11.3 Å². The summed E-state index contributed by atoms with van der Waals surface area (Å²) >= 11 is 6.15. The number of hydrogen-bond acceptors (Lipinski definition) is 5. The van der Waals surface area contributed by atoms with E-state index >= 15 is 0 Å². The molecule has 2 N–H and O–H groups in total. The lowest BCUT2D eigenvalue weighted by Crippen LogP contribution is -2.53. The van der Waals surface area contributed by atoms with Gasteiger partial charge in [0.25, 0.3) is 0 Å². The number of fused-ring (bicyclic) bond motifs is 1. The van der Waals surface area contributed by atoms with E-state index in [1.807, 2.05) is 20.8 Å². The number of aliphatic carboxylic acids is 1. The third kappa shape index (κ3) is 4.84. The van der Waals surface area contributed by atoms with Crippen LogP contribution >= 0.6 is 11.6 Å². The van der Waals surface area contributed by atoms with Crippen molar-refractivity contribution in [2.45, 2.75) is 46.1 Å². The summed E-state index contributed by atoms with van der Waals surface area (Å²) < 4.78 is 15.0. The molecule has 0 aliphatic carbocycles. The van der Waals surface area contributed by atoms with Gasteiger partial charge in [-0.05, 0) is 47.2 Å². The average Bonchev–Trinajstić information content (AvgIpc) is 3.23. The molecule has 0 saturated carbocycles. The Kier molecular flexibility index (Phi) is 7.12. The van der Waals surface area contributed by atoms with Gasteiger partial charge in [0.05, 0.1) is 17.7 Å². The van der Waals surface area contributed by atoms with E-state index in [-0.39, 0.29) is 47.0 Å². The first kappa shape index (κ1) is 26.1. The van der Waals surface area contributed by atoms with E-state index in [9.17, 15) is 29.0 Å². The van der Waals surface area contributed by atoms with Crippen molar-refractivity contribution in [1.29, 1.82) is 0 Å². The van der Waals surface area contributed by atoms with Crippen molar-refractivity contribution < 1.29 is 29.0 Å². The summed E-state index contributed by atoms with van der Waals surface area (Å²) in [7, 11) is 0. The van der Waals surface area contributed by atoms with E-state index < -0.39 is 29.5 Å². The Balaban J connectivity index is 1.74. The molecule has 7 nitrogen and oxygen atoms in total. The molecule has 1 saturated heterocycles. The van der Waals surface area contributed by atoms with E-state index in [0.29, 0.717) is 29.9 Å². The topological polar surface area (TPSA) is 98.2 Å². The molecule has 2 aromatic carbocycles. The summed E-state index contributed by atoms with van der Waals surface area (Å²) in [5.41, 5.74) is 1.79. The maximum atomic E-state index is 15.0. The molecule has 2 aliphatic rings. The van der Waals surface area contributed by atoms with E-state index in [4.69, 9.17) is 11.6 Å². The predicted molar refractivity (Wildman–Crippen MR) is 135 cm³/mol. The number of aliphatic hydroxyl groups is 1. The summed E-state index contributed by atoms with van der Waals surface area (Å²) in [6, 6.07) is 7.71. The molecule has 192 valence electrons. The number of carbonyl (C=O) groups is 3. The Labute approximate surface area is 214 Å². The lowest BCUT2D eigenvalue weighted by molar-refractivity contribution is -0.139. The SMILES string of the molecule is CC(C)(C)[C@@H](CO)N1CC(C(=O)O)C(=O)c2cc(Cc3cc(N4CCCC4=O)cc(Cl)c3F)ccc21. The summed E-state index contributed by atoms with van der Waals surface area (Å²) in [6.07, 6.45) is 1.26. The molecule has 4 rings (SSSR count). The van der Waals surface area contributed by atoms with Crippen molar-refractivity contribution in [3.63, 3.8) is 0 Å². The number of anilines is 2. The van der Waals surface area contributed by atoms with Gasteiger partial charge >= 0.3 is 5.97 Å². The van der Waals surface area contributed by atoms with Crippen LogP contribution in [-0.4, -0.2) is 53.6 Å². The maximum Gasteiger partial charge on any atom is 0.316 e. The third-order valence-corrected chi connectivity index (χ3v) is 7.32. The summed E-state index contributed by atoms with van der Waals surface area (Å²) in [5.74, 6) is -3.67. The highest BCUT2D eigenvalue weighted by Gasteiger charge is 2.41. The molecule has 2 atom stereocenters. The van der Waals surface area contributed by atoms with Gasteiger partial charge < -0.3 is 20.0 Å². The fourth-order valence-electron chi connectivity index (χ4n) is 5.09. The van der Waals surface area contributed by atoms with Crippen molar-refractivity contribution >= 4 is 40.6 Å². The van der Waals surface area contributed by atoms with Crippen LogP contribution in [0.5, 0.6) is 0 Å². The van der Waals surface area contributed by atoms with Gasteiger partial charge in [-0.1, -0.05) is 38.4 Å². The molecule has 1 unspecified atom stereocenters. The minimum absolute atomic E-state index is 0.0416. The van der Waals surface area contributed by atoms with Crippen LogP contribution in [0.2, 0.25) is 5.02 Å². The fourth-order valence-corrected chi connectivity index (χ4v) is 5.32. The smallest absolute Gasteiger partial charge is 0.316 e. The maximum absolute atomic E-state index is 15.0. The third-order valence-electron chi connectivity index (χ3n) is 7.05. The minimum atomic E-state index is -1.28. The number of Topliss-reactive ketones (excluding diaryl/α,β-unsaturated/α-hetero) is 1. The van der Waals surface area contributed by atoms with Crippen molar-refractivity contribution in [3.05, 3.63) is 57.9 Å². The molecular weight excluding hydrogens is 487 g/mol. The van der Waals surface area contributed by atoms with Crippen LogP contribution < -0.4 is 9.80 Å². The van der Waals surface area contributed by atoms with Crippen molar-refractivity contribution in [2.75, 3.05) is 29.5 Å². The first-order valence-electron chi connectivity index (χ1n) is 12.0. The number of hydrogen-bond donors (Lipinski definition) is 2. The van der Waals surface area contributed by atoms with Gasteiger partial charge in [-0.2, -0.15) is 0 Å². The molecule has 2 aliphatic heterocycles. The monoisotopic (exact) mass is 516 g/mol. The van der Waals surface area contributed by atoms with Crippen LogP contribution in [0.3, 0.4) is 0 Å². The van der Waals surface area contributed by atoms with Crippen LogP contribution in [0.15, 0.2) is 30.3 Å². The Bertz CT molecular complexity index is 1230. The Morgan fingerprint density at radius 2 is 1.94 bits per heavy atom. The molecule has 36 heavy (non-hydrogen) atoms. The van der Waals surface area contributed by atoms with Gasteiger partial charge in [-0.25, -0.2) is 4.39 Å².